The molecule has 0 unspecified atom stereocenters. The number of hydrogen-bond acceptors (Lipinski definition) is 8. The molecular formula is C14H17N2O7S+. The lowest BCUT2D eigenvalue weighted by atomic mass is 10.1. The standard InChI is InChI=1S/C14H16N2O7S/c1-2-24-13-8(4-3-5-15-13)14(17)22-9-6-20-12-10(23-16(18)19)7-21-11(9)12/h3-5,9-12H,2,6-7H2,1H3/p+1/t9-,10+,11+,12+/m0/s1. The van der Waals surface area contributed by atoms with Crippen molar-refractivity contribution < 1.29 is 33.9 Å². The molecule has 0 aliphatic carbocycles. The van der Waals surface area contributed by atoms with Gasteiger partial charge in [-0.05, 0) is 6.07 Å². The van der Waals surface area contributed by atoms with Gasteiger partial charge in [0, 0.05) is 11.8 Å². The van der Waals surface area contributed by atoms with Crippen molar-refractivity contribution in [3.05, 3.63) is 34.0 Å². The number of thioether (sulfide) groups is 1. The summed E-state index contributed by atoms with van der Waals surface area (Å²) in [6.45, 7) is 2.13. The lowest BCUT2D eigenvalue weighted by Gasteiger charge is -2.16. The summed E-state index contributed by atoms with van der Waals surface area (Å²) in [4.78, 5) is 30.5. The van der Waals surface area contributed by atoms with E-state index in [1.54, 1.807) is 18.3 Å². The van der Waals surface area contributed by atoms with Crippen molar-refractivity contribution in [3.63, 3.8) is 0 Å². The van der Waals surface area contributed by atoms with Gasteiger partial charge in [0.15, 0.2) is 18.4 Å². The van der Waals surface area contributed by atoms with E-state index in [1.165, 1.54) is 11.8 Å². The second-order valence-corrected chi connectivity index (χ2v) is 6.53. The SMILES string of the molecule is CCSc1[nH+]cccc1C(=O)O[C@H]1CO[C@H]2[C@@H]1OC[C@H]2O[N+](=O)[O-]. The number of nitrogens with zero attached hydrogens (tertiary/aromatic N) is 1. The number of pyridine rings is 1. The number of nitrogens with one attached hydrogen (secondary N) is 1. The highest BCUT2D eigenvalue weighted by Gasteiger charge is 2.51. The molecule has 0 aromatic carbocycles. The van der Waals surface area contributed by atoms with Gasteiger partial charge in [-0.3, -0.25) is 0 Å². The Morgan fingerprint density at radius 3 is 2.83 bits per heavy atom. The van der Waals surface area contributed by atoms with Crippen LogP contribution in [0.2, 0.25) is 0 Å². The number of hydrogen-bond donors (Lipinski definition) is 0. The van der Waals surface area contributed by atoms with Crippen molar-refractivity contribution in [3.8, 4) is 0 Å². The molecule has 1 aromatic rings. The molecule has 24 heavy (non-hydrogen) atoms. The Hall–Kier alpha value is -1.91. The molecule has 1 aromatic heterocycles. The van der Waals surface area contributed by atoms with Crippen LogP contribution in [0.4, 0.5) is 0 Å². The third kappa shape index (κ3) is 3.45. The number of carbonyl (C=O) groups is 1. The molecule has 9 nitrogen and oxygen atoms in total. The van der Waals surface area contributed by atoms with Crippen LogP contribution in [-0.2, 0) is 19.0 Å². The number of fused-ring (bicyclic) bond motifs is 1. The van der Waals surface area contributed by atoms with E-state index in [0.717, 1.165) is 10.8 Å². The van der Waals surface area contributed by atoms with Gasteiger partial charge >= 0.3 is 5.97 Å². The Morgan fingerprint density at radius 2 is 2.12 bits per heavy atom. The molecule has 2 fully saturated rings. The molecule has 2 aliphatic heterocycles. The quantitative estimate of drug-likeness (QED) is 0.313. The van der Waals surface area contributed by atoms with Crippen LogP contribution in [-0.4, -0.2) is 54.4 Å². The van der Waals surface area contributed by atoms with Crippen molar-refractivity contribution in [1.82, 2.24) is 0 Å². The van der Waals surface area contributed by atoms with Crippen LogP contribution >= 0.6 is 11.8 Å². The molecule has 2 saturated heterocycles. The van der Waals surface area contributed by atoms with Crippen LogP contribution < -0.4 is 4.98 Å². The first-order valence-electron chi connectivity index (χ1n) is 7.49. The summed E-state index contributed by atoms with van der Waals surface area (Å²) in [7, 11) is 0. The fraction of sp³-hybridized carbons (Fsp3) is 0.571. The summed E-state index contributed by atoms with van der Waals surface area (Å²) < 4.78 is 16.4. The second kappa shape index (κ2) is 7.32. The first-order valence-corrected chi connectivity index (χ1v) is 8.47. The van der Waals surface area contributed by atoms with E-state index < -0.39 is 35.5 Å². The van der Waals surface area contributed by atoms with E-state index in [9.17, 15) is 14.9 Å². The van der Waals surface area contributed by atoms with Gasteiger partial charge in [0.1, 0.15) is 17.8 Å². The highest BCUT2D eigenvalue weighted by atomic mass is 32.2. The van der Waals surface area contributed by atoms with Gasteiger partial charge in [-0.15, -0.1) is 10.1 Å². The van der Waals surface area contributed by atoms with Crippen molar-refractivity contribution in [2.45, 2.75) is 36.4 Å². The molecular weight excluding hydrogens is 340 g/mol. The van der Waals surface area contributed by atoms with E-state index in [0.29, 0.717) is 5.56 Å². The predicted octanol–water partition coefficient (Wildman–Crippen LogP) is 0.513. The van der Waals surface area contributed by atoms with Crippen molar-refractivity contribution in [2.24, 2.45) is 0 Å². The monoisotopic (exact) mass is 357 g/mol. The van der Waals surface area contributed by atoms with Gasteiger partial charge in [-0.25, -0.2) is 9.78 Å². The van der Waals surface area contributed by atoms with Crippen LogP contribution in [0.25, 0.3) is 0 Å². The number of rotatable bonds is 6. The third-order valence-corrected chi connectivity index (χ3v) is 4.68. The van der Waals surface area contributed by atoms with E-state index >= 15 is 0 Å². The largest absolute Gasteiger partial charge is 0.453 e. The Morgan fingerprint density at radius 1 is 1.42 bits per heavy atom. The molecule has 130 valence electrons. The van der Waals surface area contributed by atoms with Gasteiger partial charge in [0.05, 0.1) is 13.2 Å². The number of aromatic nitrogens is 1. The van der Waals surface area contributed by atoms with E-state index in [2.05, 4.69) is 9.82 Å². The summed E-state index contributed by atoms with van der Waals surface area (Å²) in [6, 6.07) is 3.40. The molecule has 10 heteroatoms. The molecule has 0 radical (unpaired) electrons. The average Bonchev–Trinajstić information content (AvgIpc) is 3.12. The maximum absolute atomic E-state index is 12.4. The first-order chi connectivity index (χ1) is 11.6. The van der Waals surface area contributed by atoms with Crippen molar-refractivity contribution in [2.75, 3.05) is 19.0 Å². The summed E-state index contributed by atoms with van der Waals surface area (Å²) in [5.74, 6) is 0.320. The highest BCUT2D eigenvalue weighted by molar-refractivity contribution is 7.99. The number of esters is 1. The minimum atomic E-state index is -0.868. The topological polar surface area (TPSA) is 111 Å². The molecule has 4 atom stereocenters. The Balaban J connectivity index is 1.65. The summed E-state index contributed by atoms with van der Waals surface area (Å²) in [5.41, 5.74) is 0.434. The first kappa shape index (κ1) is 16.9. The maximum atomic E-state index is 12.4. The van der Waals surface area contributed by atoms with Gasteiger partial charge in [0.2, 0.25) is 0 Å². The predicted molar refractivity (Wildman–Crippen MR) is 79.9 cm³/mol. The Bertz CT molecular complexity index is 629. The fourth-order valence-electron chi connectivity index (χ4n) is 2.78. The van der Waals surface area contributed by atoms with Crippen molar-refractivity contribution >= 4 is 17.7 Å². The number of aromatic amines is 1. The number of carbonyl (C=O) groups excluding carboxylic acids is 1. The zero-order valence-corrected chi connectivity index (χ0v) is 13.7. The average molecular weight is 357 g/mol. The van der Waals surface area contributed by atoms with Gasteiger partial charge in [-0.1, -0.05) is 18.7 Å². The normalized spacial score (nSPS) is 28.4. The van der Waals surface area contributed by atoms with Crippen molar-refractivity contribution in [1.29, 1.82) is 0 Å². The Labute approximate surface area is 141 Å². The van der Waals surface area contributed by atoms with Gasteiger partial charge < -0.3 is 19.0 Å². The minimum Gasteiger partial charge on any atom is -0.453 e. The molecule has 0 bridgehead atoms. The molecule has 0 amide bonds. The van der Waals surface area contributed by atoms with Crippen LogP contribution in [0.15, 0.2) is 23.4 Å². The summed E-state index contributed by atoms with van der Waals surface area (Å²) in [5, 5.41) is 10.3. The maximum Gasteiger partial charge on any atom is 0.346 e. The van der Waals surface area contributed by atoms with E-state index in [1.807, 2.05) is 6.92 Å². The molecule has 2 aliphatic rings. The molecule has 1 N–H and O–H groups in total. The second-order valence-electron chi connectivity index (χ2n) is 5.25. The number of H-pyrrole nitrogens is 1. The van der Waals surface area contributed by atoms with Crippen LogP contribution in [0.5, 0.6) is 0 Å². The lowest BCUT2D eigenvalue weighted by Crippen LogP contribution is -2.36. The highest BCUT2D eigenvalue weighted by Crippen LogP contribution is 2.31. The summed E-state index contributed by atoms with van der Waals surface area (Å²) >= 11 is 1.50. The zero-order valence-electron chi connectivity index (χ0n) is 12.9. The minimum absolute atomic E-state index is 0.0282. The van der Waals surface area contributed by atoms with Crippen LogP contribution in [0.3, 0.4) is 0 Å². The smallest absolute Gasteiger partial charge is 0.346 e. The zero-order chi connectivity index (χ0) is 17.1. The van der Waals surface area contributed by atoms with Gasteiger partial charge in [0.25, 0.3) is 10.1 Å². The van der Waals surface area contributed by atoms with Crippen LogP contribution in [0.1, 0.15) is 17.3 Å². The van der Waals surface area contributed by atoms with Crippen LogP contribution in [0, 0.1) is 10.1 Å². The van der Waals surface area contributed by atoms with E-state index in [-0.39, 0.29) is 13.2 Å². The fourth-order valence-corrected chi connectivity index (χ4v) is 3.53. The van der Waals surface area contributed by atoms with Gasteiger partial charge in [-0.2, -0.15) is 0 Å². The lowest BCUT2D eigenvalue weighted by molar-refractivity contribution is -0.769. The molecule has 0 spiro atoms. The van der Waals surface area contributed by atoms with E-state index in [4.69, 9.17) is 14.2 Å². The third-order valence-electron chi connectivity index (χ3n) is 3.77. The summed E-state index contributed by atoms with van der Waals surface area (Å²) in [6.07, 6.45) is -0.857. The number of ether oxygens (including phenoxy) is 3. The molecule has 0 saturated carbocycles. The molecule has 3 rings (SSSR count). The molecule has 3 heterocycles. The Kier molecular flexibility index (Phi) is 5.17.